The van der Waals surface area contributed by atoms with Gasteiger partial charge in [0.25, 0.3) is 0 Å². The van der Waals surface area contributed by atoms with E-state index in [1.165, 1.54) is 16.8 Å². The molecule has 1 aromatic carbocycles. The maximum Gasteiger partial charge on any atom is 0.191 e. The second kappa shape index (κ2) is 4.78. The molecule has 1 aliphatic carbocycles. The Labute approximate surface area is 97.4 Å². The number of nitrogens with zero attached hydrogens (tertiary/aromatic N) is 1. The molecule has 0 bridgehead atoms. The number of hydrogen-bond acceptors (Lipinski definition) is 1. The summed E-state index contributed by atoms with van der Waals surface area (Å²) in [7, 11) is 4.10. The van der Waals surface area contributed by atoms with Gasteiger partial charge in [0.05, 0.1) is 18.1 Å². The third-order valence-electron chi connectivity index (χ3n) is 2.62. The SMILES string of the molecule is CN(C)c1ccc(C2=[C+]CC=CC=C2)cc1. The summed E-state index contributed by atoms with van der Waals surface area (Å²) in [5.74, 6) is 0. The highest BCUT2D eigenvalue weighted by Crippen LogP contribution is 2.21. The molecule has 0 heterocycles. The van der Waals surface area contributed by atoms with Crippen LogP contribution >= 0.6 is 0 Å². The second-order valence-corrected chi connectivity index (χ2v) is 4.02. The fourth-order valence-electron chi connectivity index (χ4n) is 1.66. The molecule has 0 aliphatic heterocycles. The van der Waals surface area contributed by atoms with E-state index in [0.29, 0.717) is 0 Å². The summed E-state index contributed by atoms with van der Waals surface area (Å²) >= 11 is 0. The van der Waals surface area contributed by atoms with Crippen molar-refractivity contribution in [3.8, 4) is 0 Å². The van der Waals surface area contributed by atoms with Crippen LogP contribution in [-0.4, -0.2) is 14.1 Å². The Morgan fingerprint density at radius 3 is 2.50 bits per heavy atom. The van der Waals surface area contributed by atoms with Gasteiger partial charge in [0.2, 0.25) is 0 Å². The van der Waals surface area contributed by atoms with Gasteiger partial charge in [0.1, 0.15) is 0 Å². The predicted octanol–water partition coefficient (Wildman–Crippen LogP) is 3.46. The normalized spacial score (nSPS) is 14.0. The summed E-state index contributed by atoms with van der Waals surface area (Å²) in [6.45, 7) is 0. The van der Waals surface area contributed by atoms with E-state index < -0.39 is 0 Å². The molecule has 0 spiro atoms. The van der Waals surface area contributed by atoms with Crippen LogP contribution in [0.4, 0.5) is 5.69 Å². The first-order valence-electron chi connectivity index (χ1n) is 5.49. The molecule has 1 aromatic rings. The summed E-state index contributed by atoms with van der Waals surface area (Å²) in [6, 6.07) is 8.56. The monoisotopic (exact) mass is 210 g/mol. The van der Waals surface area contributed by atoms with E-state index in [1.807, 2.05) is 0 Å². The Morgan fingerprint density at radius 2 is 1.81 bits per heavy atom. The standard InChI is InChI=1S/C15H16N/c1-16(2)15-11-9-14(10-12-15)13-7-5-3-4-6-8-13/h3-5,7,9-12H,6H2,1-2H3/q+1. The van der Waals surface area contributed by atoms with Gasteiger partial charge in [-0.15, -0.1) is 0 Å². The molecule has 0 fully saturated rings. The Hall–Kier alpha value is -1.85. The van der Waals surface area contributed by atoms with Gasteiger partial charge in [-0.1, -0.05) is 12.2 Å². The average molecular weight is 210 g/mol. The van der Waals surface area contributed by atoms with E-state index in [2.05, 4.69) is 73.6 Å². The molecule has 0 unspecified atom stereocenters. The minimum atomic E-state index is 0.887. The van der Waals surface area contributed by atoms with E-state index in [9.17, 15) is 0 Å². The van der Waals surface area contributed by atoms with Crippen LogP contribution in [0.2, 0.25) is 0 Å². The summed E-state index contributed by atoms with van der Waals surface area (Å²) in [6.07, 6.45) is 12.6. The smallest absolute Gasteiger partial charge is 0.191 e. The largest absolute Gasteiger partial charge is 0.378 e. The van der Waals surface area contributed by atoms with Crippen molar-refractivity contribution in [3.63, 3.8) is 0 Å². The number of rotatable bonds is 2. The van der Waals surface area contributed by atoms with Crippen LogP contribution in [0.25, 0.3) is 5.57 Å². The van der Waals surface area contributed by atoms with Gasteiger partial charge in [-0.3, -0.25) is 0 Å². The van der Waals surface area contributed by atoms with Crippen LogP contribution in [0.15, 0.2) is 48.6 Å². The molecule has 1 heteroatoms. The molecule has 0 aromatic heterocycles. The third-order valence-corrected chi connectivity index (χ3v) is 2.62. The molecule has 2 rings (SSSR count). The maximum absolute atomic E-state index is 3.38. The number of anilines is 1. The zero-order valence-corrected chi connectivity index (χ0v) is 9.77. The number of benzene rings is 1. The lowest BCUT2D eigenvalue weighted by atomic mass is 10.0. The minimum Gasteiger partial charge on any atom is -0.378 e. The second-order valence-electron chi connectivity index (χ2n) is 4.02. The van der Waals surface area contributed by atoms with Crippen molar-refractivity contribution >= 4 is 11.3 Å². The van der Waals surface area contributed by atoms with Gasteiger partial charge in [-0.05, 0) is 18.2 Å². The molecule has 1 aliphatic rings. The molecule has 1 nitrogen and oxygen atoms in total. The zero-order chi connectivity index (χ0) is 11.4. The third kappa shape index (κ3) is 2.39. The van der Waals surface area contributed by atoms with Gasteiger partial charge in [0.15, 0.2) is 5.57 Å². The lowest BCUT2D eigenvalue weighted by molar-refractivity contribution is 1.13. The number of hydrogen-bond donors (Lipinski definition) is 0. The van der Waals surface area contributed by atoms with Crippen LogP contribution in [0, 0.1) is 6.08 Å². The summed E-state index contributed by atoms with van der Waals surface area (Å²) in [5, 5.41) is 0. The summed E-state index contributed by atoms with van der Waals surface area (Å²) in [5.41, 5.74) is 3.63. The molecule has 0 N–H and O–H groups in total. The molecule has 80 valence electrons. The number of allylic oxidation sites excluding steroid dienone is 6. The Bertz CT molecular complexity index is 433. The highest BCUT2D eigenvalue weighted by atomic mass is 15.1. The van der Waals surface area contributed by atoms with E-state index >= 15 is 0 Å². The van der Waals surface area contributed by atoms with E-state index in [4.69, 9.17) is 0 Å². The molecule has 0 atom stereocenters. The fraction of sp³-hybridized carbons (Fsp3) is 0.200. The highest BCUT2D eigenvalue weighted by molar-refractivity contribution is 5.74. The van der Waals surface area contributed by atoms with Crippen LogP contribution < -0.4 is 4.90 Å². The molecule has 16 heavy (non-hydrogen) atoms. The van der Waals surface area contributed by atoms with Crippen LogP contribution in [0.1, 0.15) is 12.0 Å². The van der Waals surface area contributed by atoms with Crippen molar-refractivity contribution in [2.75, 3.05) is 19.0 Å². The zero-order valence-electron chi connectivity index (χ0n) is 9.77. The van der Waals surface area contributed by atoms with Crippen molar-refractivity contribution in [1.82, 2.24) is 0 Å². The summed E-state index contributed by atoms with van der Waals surface area (Å²) < 4.78 is 0. The Kier molecular flexibility index (Phi) is 3.19. The topological polar surface area (TPSA) is 3.24 Å². The predicted molar refractivity (Wildman–Crippen MR) is 70.3 cm³/mol. The highest BCUT2D eigenvalue weighted by Gasteiger charge is 2.09. The van der Waals surface area contributed by atoms with E-state index in [0.717, 1.165) is 6.42 Å². The Balaban J connectivity index is 2.25. The van der Waals surface area contributed by atoms with Crippen LogP contribution in [0.5, 0.6) is 0 Å². The average Bonchev–Trinajstić information content (AvgIpc) is 2.57. The molecule has 0 saturated heterocycles. The van der Waals surface area contributed by atoms with E-state index in [1.54, 1.807) is 0 Å². The molecular formula is C15H16N+. The molecule has 0 saturated carbocycles. The lowest BCUT2D eigenvalue weighted by Gasteiger charge is -2.11. The van der Waals surface area contributed by atoms with Gasteiger partial charge in [-0.25, -0.2) is 0 Å². The minimum absolute atomic E-state index is 0.887. The molecular weight excluding hydrogens is 194 g/mol. The first kappa shape index (κ1) is 10.7. The molecule has 0 amide bonds. The lowest BCUT2D eigenvalue weighted by Crippen LogP contribution is -2.08. The first-order chi connectivity index (χ1) is 7.77. The quantitative estimate of drug-likeness (QED) is 0.676. The van der Waals surface area contributed by atoms with Crippen LogP contribution in [0.3, 0.4) is 0 Å². The van der Waals surface area contributed by atoms with Crippen molar-refractivity contribution in [2.45, 2.75) is 6.42 Å². The van der Waals surface area contributed by atoms with Gasteiger partial charge < -0.3 is 4.90 Å². The van der Waals surface area contributed by atoms with Crippen LogP contribution in [-0.2, 0) is 0 Å². The van der Waals surface area contributed by atoms with Gasteiger partial charge >= 0.3 is 0 Å². The fourth-order valence-corrected chi connectivity index (χ4v) is 1.66. The maximum atomic E-state index is 3.38. The van der Waals surface area contributed by atoms with Gasteiger partial charge in [0, 0.05) is 38.0 Å². The van der Waals surface area contributed by atoms with Crippen molar-refractivity contribution in [3.05, 3.63) is 60.2 Å². The Morgan fingerprint density at radius 1 is 1.06 bits per heavy atom. The summed E-state index contributed by atoms with van der Waals surface area (Å²) in [4.78, 5) is 2.10. The van der Waals surface area contributed by atoms with E-state index in [-0.39, 0.29) is 0 Å². The van der Waals surface area contributed by atoms with Crippen molar-refractivity contribution in [1.29, 1.82) is 0 Å². The van der Waals surface area contributed by atoms with Crippen molar-refractivity contribution < 1.29 is 0 Å². The van der Waals surface area contributed by atoms with Gasteiger partial charge in [-0.2, -0.15) is 0 Å². The molecule has 0 radical (unpaired) electrons. The van der Waals surface area contributed by atoms with Crippen molar-refractivity contribution in [2.24, 2.45) is 0 Å². The first-order valence-corrected chi connectivity index (χ1v) is 5.49.